The quantitative estimate of drug-likeness (QED) is 0.203. The van der Waals surface area contributed by atoms with Gasteiger partial charge < -0.3 is 35.6 Å². The Balaban J connectivity index is 1.42. The molecule has 0 aromatic heterocycles. The van der Waals surface area contributed by atoms with Crippen LogP contribution in [-0.4, -0.2) is 71.8 Å². The zero-order valence-electron chi connectivity index (χ0n) is 25.3. The highest BCUT2D eigenvalue weighted by Crippen LogP contribution is 2.35. The van der Waals surface area contributed by atoms with Gasteiger partial charge in [-0.05, 0) is 54.8 Å². The molecule has 0 fully saturated rings. The fraction of sp³-hybridized carbons (Fsp3) is 0.265. The van der Waals surface area contributed by atoms with Crippen molar-refractivity contribution in [3.63, 3.8) is 0 Å². The summed E-state index contributed by atoms with van der Waals surface area (Å²) in [5, 5.41) is 20.3. The largest absolute Gasteiger partial charge is 0.485 e. The zero-order chi connectivity index (χ0) is 32.1. The molecule has 3 atom stereocenters. The van der Waals surface area contributed by atoms with Crippen molar-refractivity contribution in [1.29, 1.82) is 0 Å². The molecule has 45 heavy (non-hydrogen) atoms. The van der Waals surface area contributed by atoms with E-state index in [1.807, 2.05) is 43.3 Å². The van der Waals surface area contributed by atoms with Gasteiger partial charge in [0.2, 0.25) is 0 Å². The number of carbonyl (C=O) groups is 3. The van der Waals surface area contributed by atoms with E-state index in [0.717, 1.165) is 10.8 Å². The number of hydrogen-bond donors (Lipinski definition) is 4. The summed E-state index contributed by atoms with van der Waals surface area (Å²) < 4.78 is 19.8. The fourth-order valence-electron chi connectivity index (χ4n) is 5.27. The molecule has 234 valence electrons. The van der Waals surface area contributed by atoms with Gasteiger partial charge in [-0.1, -0.05) is 49.4 Å². The summed E-state index contributed by atoms with van der Waals surface area (Å²) in [6, 6.07) is 22.2. The van der Waals surface area contributed by atoms with Crippen molar-refractivity contribution in [1.82, 2.24) is 9.80 Å². The number of ether oxygens (including phenoxy) is 1. The summed E-state index contributed by atoms with van der Waals surface area (Å²) in [6.07, 6.45) is -0.613. The van der Waals surface area contributed by atoms with Crippen LogP contribution in [0.25, 0.3) is 10.8 Å². The summed E-state index contributed by atoms with van der Waals surface area (Å²) in [7, 11) is 1.61. The number of likely N-dealkylation sites (N-methyl/N-ethyl adjacent to an activating group) is 1. The summed E-state index contributed by atoms with van der Waals surface area (Å²) in [5.74, 6) is -0.884. The first-order valence-electron chi connectivity index (χ1n) is 14.7. The van der Waals surface area contributed by atoms with Gasteiger partial charge in [-0.15, -0.1) is 0 Å². The summed E-state index contributed by atoms with van der Waals surface area (Å²) in [4.78, 5) is 43.1. The molecule has 0 saturated carbocycles. The predicted molar refractivity (Wildman–Crippen MR) is 172 cm³/mol. The number of rotatable bonds is 7. The molecular weight excluding hydrogens is 577 g/mol. The van der Waals surface area contributed by atoms with Crippen LogP contribution in [0.4, 0.5) is 31.0 Å². The van der Waals surface area contributed by atoms with E-state index in [9.17, 15) is 23.9 Å². The summed E-state index contributed by atoms with van der Waals surface area (Å²) >= 11 is 0. The number of carbonyl (C=O) groups excluding carboxylic acids is 3. The lowest BCUT2D eigenvalue weighted by atomic mass is 9.99. The zero-order valence-corrected chi connectivity index (χ0v) is 25.3. The molecule has 4 aromatic carbocycles. The van der Waals surface area contributed by atoms with E-state index in [1.54, 1.807) is 43.1 Å². The molecule has 4 N–H and O–H groups in total. The molecule has 4 aromatic rings. The van der Waals surface area contributed by atoms with Gasteiger partial charge in [0.1, 0.15) is 11.9 Å². The molecule has 10 nitrogen and oxygen atoms in total. The van der Waals surface area contributed by atoms with Crippen LogP contribution in [0.1, 0.15) is 24.2 Å². The molecule has 5 amide bonds. The lowest BCUT2D eigenvalue weighted by molar-refractivity contribution is 0.0373. The molecule has 0 radical (unpaired) electrons. The van der Waals surface area contributed by atoms with Crippen LogP contribution >= 0.6 is 0 Å². The second kappa shape index (κ2) is 13.6. The first-order chi connectivity index (χ1) is 21.6. The van der Waals surface area contributed by atoms with Crippen molar-refractivity contribution < 1.29 is 28.6 Å². The van der Waals surface area contributed by atoms with Gasteiger partial charge in [-0.3, -0.25) is 4.79 Å². The minimum Gasteiger partial charge on any atom is -0.485 e. The van der Waals surface area contributed by atoms with Crippen LogP contribution in [0.15, 0.2) is 84.9 Å². The van der Waals surface area contributed by atoms with Gasteiger partial charge in [0.25, 0.3) is 5.91 Å². The first kappa shape index (κ1) is 31.3. The number of nitrogens with one attached hydrogen (secondary N) is 3. The van der Waals surface area contributed by atoms with Crippen molar-refractivity contribution in [2.75, 3.05) is 42.7 Å². The maximum Gasteiger partial charge on any atom is 0.323 e. The van der Waals surface area contributed by atoms with Gasteiger partial charge in [0, 0.05) is 30.6 Å². The number of aliphatic hydroxyl groups is 1. The molecule has 1 aliphatic rings. The number of fused-ring (bicyclic) bond motifs is 2. The molecule has 0 unspecified atom stereocenters. The third kappa shape index (κ3) is 7.15. The van der Waals surface area contributed by atoms with E-state index in [2.05, 4.69) is 16.0 Å². The summed E-state index contributed by atoms with van der Waals surface area (Å²) in [5.41, 5.74) is 1.54. The Labute approximate surface area is 260 Å². The van der Waals surface area contributed by atoms with E-state index < -0.39 is 30.0 Å². The maximum absolute atomic E-state index is 13.8. The number of anilines is 3. The smallest absolute Gasteiger partial charge is 0.323 e. The number of amides is 5. The number of para-hydroxylation sites is 1. The number of urea groups is 2. The van der Waals surface area contributed by atoms with Gasteiger partial charge in [0.15, 0.2) is 5.75 Å². The molecule has 1 aliphatic heterocycles. The fourth-order valence-corrected chi connectivity index (χ4v) is 5.27. The number of benzene rings is 4. The van der Waals surface area contributed by atoms with E-state index in [-0.39, 0.29) is 48.5 Å². The van der Waals surface area contributed by atoms with Crippen LogP contribution in [0, 0.1) is 11.7 Å². The highest BCUT2D eigenvalue weighted by molar-refractivity contribution is 6.08. The van der Waals surface area contributed by atoms with E-state index in [1.165, 1.54) is 29.2 Å². The molecule has 0 aliphatic carbocycles. The second-order valence-corrected chi connectivity index (χ2v) is 11.2. The Morgan fingerprint density at radius 1 is 0.978 bits per heavy atom. The lowest BCUT2D eigenvalue weighted by Crippen LogP contribution is -2.50. The van der Waals surface area contributed by atoms with Crippen molar-refractivity contribution in [2.24, 2.45) is 5.92 Å². The van der Waals surface area contributed by atoms with Gasteiger partial charge >= 0.3 is 12.1 Å². The van der Waals surface area contributed by atoms with Gasteiger partial charge in [-0.25, -0.2) is 14.0 Å². The van der Waals surface area contributed by atoms with Crippen molar-refractivity contribution in [3.8, 4) is 5.75 Å². The van der Waals surface area contributed by atoms with E-state index in [4.69, 9.17) is 4.74 Å². The number of aliphatic hydroxyl groups excluding tert-OH is 1. The molecule has 0 spiro atoms. The maximum atomic E-state index is 13.8. The normalized spacial score (nSPS) is 16.9. The highest BCUT2D eigenvalue weighted by atomic mass is 19.1. The number of nitrogens with zero attached hydrogens (tertiary/aromatic N) is 2. The molecule has 11 heteroatoms. The summed E-state index contributed by atoms with van der Waals surface area (Å²) in [6.45, 7) is 3.79. The third-order valence-corrected chi connectivity index (χ3v) is 7.87. The number of halogens is 1. The lowest BCUT2D eigenvalue weighted by Gasteiger charge is -2.38. The Bertz CT molecular complexity index is 1690. The van der Waals surface area contributed by atoms with Crippen molar-refractivity contribution in [3.05, 3.63) is 96.3 Å². The second-order valence-electron chi connectivity index (χ2n) is 11.2. The van der Waals surface area contributed by atoms with Crippen LogP contribution in [0.3, 0.4) is 0 Å². The Hall–Kier alpha value is -5.16. The Kier molecular flexibility index (Phi) is 9.48. The first-order valence-corrected chi connectivity index (χ1v) is 14.7. The van der Waals surface area contributed by atoms with Crippen LogP contribution < -0.4 is 20.7 Å². The highest BCUT2D eigenvalue weighted by Gasteiger charge is 2.35. The molecule has 1 heterocycles. The van der Waals surface area contributed by atoms with Gasteiger partial charge in [0.05, 0.1) is 36.1 Å². The van der Waals surface area contributed by atoms with Crippen molar-refractivity contribution >= 4 is 45.8 Å². The number of hydrogen-bond acceptors (Lipinski definition) is 5. The predicted octanol–water partition coefficient (Wildman–Crippen LogP) is 6.01. The Morgan fingerprint density at radius 2 is 1.64 bits per heavy atom. The topological polar surface area (TPSA) is 123 Å². The standard InChI is InChI=1S/C34H36FN5O5/c1-21-18-40(22(2)20-41)32(42)27-11-7-13-29(38-33(43)37-28-12-6-9-23-8-4-5-10-26(23)28)31(27)45-30(21)19-39(3)34(44)36-25-16-14-24(35)15-17-25/h4-17,21-22,30,41H,18-20H2,1-3H3,(H,36,44)(H2,37,38,43)/t21-,22-,30+/m1/s1. The minimum atomic E-state index is -0.613. The molecule has 5 rings (SSSR count). The average molecular weight is 614 g/mol. The average Bonchev–Trinajstić information content (AvgIpc) is 3.03. The van der Waals surface area contributed by atoms with E-state index >= 15 is 0 Å². The van der Waals surface area contributed by atoms with Crippen LogP contribution in [0.5, 0.6) is 5.75 Å². The van der Waals surface area contributed by atoms with Crippen molar-refractivity contribution in [2.45, 2.75) is 26.0 Å². The van der Waals surface area contributed by atoms with Gasteiger partial charge in [-0.2, -0.15) is 0 Å². The van der Waals surface area contributed by atoms with E-state index in [0.29, 0.717) is 11.4 Å². The Morgan fingerprint density at radius 3 is 2.40 bits per heavy atom. The third-order valence-electron chi connectivity index (χ3n) is 7.87. The van der Waals surface area contributed by atoms with Crippen LogP contribution in [-0.2, 0) is 0 Å². The minimum absolute atomic E-state index is 0.125. The van der Waals surface area contributed by atoms with Crippen LogP contribution in [0.2, 0.25) is 0 Å². The molecule has 0 saturated heterocycles. The molecule has 0 bridgehead atoms. The monoisotopic (exact) mass is 613 g/mol. The SMILES string of the molecule is C[C@@H]1CN([C@H](C)CO)C(=O)c2cccc(NC(=O)Nc3cccc4ccccc34)c2O[C@H]1CN(C)C(=O)Nc1ccc(F)cc1. The molecular formula is C34H36FN5O5.